The van der Waals surface area contributed by atoms with Crippen LogP contribution in [0.15, 0.2) is 24.5 Å². The molecule has 0 aliphatic carbocycles. The summed E-state index contributed by atoms with van der Waals surface area (Å²) in [7, 11) is 2.12. The SMILES string of the molecule is Bc1cc2cnccc2s1. The Kier molecular flexibility index (Phi) is 1.24. The standard InChI is InChI=1S/C7H6BNS/c8-7-3-5-4-9-2-1-6(5)10-7/h1-4H,8H2. The maximum Gasteiger partial charge on any atom is 0.152 e. The van der Waals surface area contributed by atoms with Crippen LogP contribution in [-0.2, 0) is 0 Å². The van der Waals surface area contributed by atoms with Gasteiger partial charge in [0.05, 0.1) is 0 Å². The molecule has 2 rings (SSSR count). The second-order valence-corrected chi connectivity index (χ2v) is 3.56. The molecule has 0 bridgehead atoms. The molecule has 0 aromatic carbocycles. The first-order chi connectivity index (χ1) is 4.86. The predicted molar refractivity (Wildman–Crippen MR) is 47.8 cm³/mol. The average molecular weight is 147 g/mol. The van der Waals surface area contributed by atoms with E-state index in [2.05, 4.69) is 18.9 Å². The molecule has 0 saturated heterocycles. The Morgan fingerprint density at radius 1 is 1.50 bits per heavy atom. The van der Waals surface area contributed by atoms with Crippen LogP contribution in [0.3, 0.4) is 0 Å². The van der Waals surface area contributed by atoms with Crippen molar-refractivity contribution in [2.75, 3.05) is 0 Å². The molecule has 2 aromatic rings. The first-order valence-electron chi connectivity index (χ1n) is 3.16. The molecular formula is C7H6BNS. The maximum absolute atomic E-state index is 4.03. The molecule has 0 spiro atoms. The van der Waals surface area contributed by atoms with E-state index < -0.39 is 0 Å². The minimum atomic E-state index is 1.25. The fraction of sp³-hybridized carbons (Fsp3) is 0. The Morgan fingerprint density at radius 2 is 2.40 bits per heavy atom. The van der Waals surface area contributed by atoms with E-state index in [0.717, 1.165) is 0 Å². The predicted octanol–water partition coefficient (Wildman–Crippen LogP) is 0.555. The van der Waals surface area contributed by atoms with E-state index >= 15 is 0 Å². The zero-order valence-corrected chi connectivity index (χ0v) is 6.48. The van der Waals surface area contributed by atoms with Gasteiger partial charge in [0.25, 0.3) is 0 Å². The van der Waals surface area contributed by atoms with Crippen LogP contribution >= 0.6 is 11.3 Å². The van der Waals surface area contributed by atoms with Crippen molar-refractivity contribution in [2.45, 2.75) is 0 Å². The fourth-order valence-corrected chi connectivity index (χ4v) is 1.91. The topological polar surface area (TPSA) is 12.9 Å². The third-order valence-corrected chi connectivity index (χ3v) is 2.47. The monoisotopic (exact) mass is 147 g/mol. The second-order valence-electron chi connectivity index (χ2n) is 2.27. The number of fused-ring (bicyclic) bond motifs is 1. The highest BCUT2D eigenvalue weighted by Crippen LogP contribution is 2.15. The molecule has 1 nitrogen and oxygen atoms in total. The van der Waals surface area contributed by atoms with Crippen LogP contribution in [0, 0.1) is 0 Å². The molecule has 3 heteroatoms. The van der Waals surface area contributed by atoms with Crippen LogP contribution in [0.4, 0.5) is 0 Å². The van der Waals surface area contributed by atoms with Gasteiger partial charge in [0.2, 0.25) is 0 Å². The van der Waals surface area contributed by atoms with Gasteiger partial charge in [-0.2, -0.15) is 11.3 Å². The van der Waals surface area contributed by atoms with Crippen molar-refractivity contribution in [1.29, 1.82) is 0 Å². The van der Waals surface area contributed by atoms with Crippen molar-refractivity contribution in [2.24, 2.45) is 0 Å². The third-order valence-electron chi connectivity index (χ3n) is 1.44. The van der Waals surface area contributed by atoms with Gasteiger partial charge in [-0.25, -0.2) is 0 Å². The van der Waals surface area contributed by atoms with E-state index in [1.807, 2.05) is 29.8 Å². The van der Waals surface area contributed by atoms with Crippen LogP contribution in [0.1, 0.15) is 0 Å². The molecule has 0 radical (unpaired) electrons. The third kappa shape index (κ3) is 0.828. The number of thiophene rings is 1. The van der Waals surface area contributed by atoms with Crippen molar-refractivity contribution in [3.63, 3.8) is 0 Å². The first-order valence-corrected chi connectivity index (χ1v) is 3.98. The highest BCUT2D eigenvalue weighted by molar-refractivity contribution is 7.26. The molecule has 2 aromatic heterocycles. The van der Waals surface area contributed by atoms with Gasteiger partial charge in [0, 0.05) is 22.5 Å². The van der Waals surface area contributed by atoms with Crippen LogP contribution in [-0.4, -0.2) is 12.8 Å². The Labute approximate surface area is 64.1 Å². The number of aromatic nitrogens is 1. The molecule has 0 N–H and O–H groups in total. The highest BCUT2D eigenvalue weighted by Gasteiger charge is 1.94. The molecule has 0 saturated carbocycles. The van der Waals surface area contributed by atoms with Crippen LogP contribution in [0.25, 0.3) is 10.1 Å². The minimum absolute atomic E-state index is 1.25. The number of hydrogen-bond acceptors (Lipinski definition) is 2. The Balaban J connectivity index is 2.88. The van der Waals surface area contributed by atoms with Crippen molar-refractivity contribution < 1.29 is 0 Å². The summed E-state index contributed by atoms with van der Waals surface area (Å²) in [6.07, 6.45) is 3.73. The van der Waals surface area contributed by atoms with E-state index in [1.165, 1.54) is 14.9 Å². The average Bonchev–Trinajstić information content (AvgIpc) is 2.27. The number of rotatable bonds is 0. The van der Waals surface area contributed by atoms with Gasteiger partial charge in [-0.05, 0) is 16.9 Å². The summed E-state index contributed by atoms with van der Waals surface area (Å²) < 4.78 is 2.68. The molecule has 0 aliphatic rings. The Hall–Kier alpha value is -0.825. The van der Waals surface area contributed by atoms with Gasteiger partial charge in [-0.1, -0.05) is 0 Å². The zero-order chi connectivity index (χ0) is 6.97. The van der Waals surface area contributed by atoms with E-state index in [0.29, 0.717) is 0 Å². The number of hydrogen-bond donors (Lipinski definition) is 0. The van der Waals surface area contributed by atoms with Gasteiger partial charge in [0.1, 0.15) is 0 Å². The summed E-state index contributed by atoms with van der Waals surface area (Å²) in [5.41, 5.74) is 0. The molecule has 10 heavy (non-hydrogen) atoms. The van der Waals surface area contributed by atoms with Crippen molar-refractivity contribution >= 4 is 34.0 Å². The highest BCUT2D eigenvalue weighted by atomic mass is 32.1. The summed E-state index contributed by atoms with van der Waals surface area (Å²) in [4.78, 5) is 4.03. The van der Waals surface area contributed by atoms with Crippen LogP contribution in [0.5, 0.6) is 0 Å². The summed E-state index contributed by atoms with van der Waals surface area (Å²) in [6, 6.07) is 4.21. The number of pyridine rings is 1. The molecule has 48 valence electrons. The quantitative estimate of drug-likeness (QED) is 0.496. The van der Waals surface area contributed by atoms with Crippen molar-refractivity contribution in [3.8, 4) is 0 Å². The van der Waals surface area contributed by atoms with E-state index in [4.69, 9.17) is 0 Å². The smallest absolute Gasteiger partial charge is 0.152 e. The maximum atomic E-state index is 4.03. The summed E-state index contributed by atoms with van der Waals surface area (Å²) >= 11 is 1.81. The van der Waals surface area contributed by atoms with E-state index in [-0.39, 0.29) is 0 Å². The van der Waals surface area contributed by atoms with Gasteiger partial charge < -0.3 is 0 Å². The molecule has 0 fully saturated rings. The lowest BCUT2D eigenvalue weighted by molar-refractivity contribution is 1.37. The van der Waals surface area contributed by atoms with Crippen LogP contribution < -0.4 is 4.78 Å². The van der Waals surface area contributed by atoms with Gasteiger partial charge in [-0.3, -0.25) is 4.98 Å². The molecule has 2 heterocycles. The van der Waals surface area contributed by atoms with Crippen LogP contribution in [0.2, 0.25) is 0 Å². The lowest BCUT2D eigenvalue weighted by Gasteiger charge is -1.81. The molecular weight excluding hydrogens is 141 g/mol. The van der Waals surface area contributed by atoms with Crippen molar-refractivity contribution in [3.05, 3.63) is 24.5 Å². The van der Waals surface area contributed by atoms with Gasteiger partial charge in [-0.15, -0.1) is 0 Å². The lowest BCUT2D eigenvalue weighted by atomic mass is 10.1. The Bertz CT molecular complexity index is 322. The number of nitrogens with zero attached hydrogens (tertiary/aromatic N) is 1. The normalized spacial score (nSPS) is 10.4. The lowest BCUT2D eigenvalue weighted by Crippen LogP contribution is -1.88. The molecule has 0 unspecified atom stereocenters. The molecule has 0 atom stereocenters. The minimum Gasteiger partial charge on any atom is -0.264 e. The molecule has 0 amide bonds. The largest absolute Gasteiger partial charge is 0.264 e. The summed E-state index contributed by atoms with van der Waals surface area (Å²) in [6.45, 7) is 0. The zero-order valence-electron chi connectivity index (χ0n) is 5.66. The fourth-order valence-electron chi connectivity index (χ4n) is 1.02. The van der Waals surface area contributed by atoms with Gasteiger partial charge >= 0.3 is 0 Å². The van der Waals surface area contributed by atoms with E-state index in [1.54, 1.807) is 0 Å². The summed E-state index contributed by atoms with van der Waals surface area (Å²) in [5, 5.41) is 1.25. The summed E-state index contributed by atoms with van der Waals surface area (Å²) in [5.74, 6) is 0. The Morgan fingerprint density at radius 3 is 3.20 bits per heavy atom. The van der Waals surface area contributed by atoms with Gasteiger partial charge in [0.15, 0.2) is 7.85 Å². The first kappa shape index (κ1) is 5.92. The second kappa shape index (κ2) is 2.09. The van der Waals surface area contributed by atoms with Crippen molar-refractivity contribution in [1.82, 2.24) is 4.98 Å². The van der Waals surface area contributed by atoms with E-state index in [9.17, 15) is 0 Å². The molecule has 0 aliphatic heterocycles.